The lowest BCUT2D eigenvalue weighted by Crippen LogP contribution is -2.46. The van der Waals surface area contributed by atoms with Crippen molar-refractivity contribution in [2.45, 2.75) is 244 Å². The Balaban J connectivity index is 4.78. The Bertz CT molecular complexity index is 1260. The summed E-state index contributed by atoms with van der Waals surface area (Å²) in [6.45, 7) is 6.30. The van der Waals surface area contributed by atoms with E-state index in [4.69, 9.17) is 4.74 Å². The molecule has 0 rings (SSSR count). The van der Waals surface area contributed by atoms with Gasteiger partial charge in [-0.1, -0.05) is 227 Å². The van der Waals surface area contributed by atoms with Crippen molar-refractivity contribution in [3.05, 3.63) is 97.2 Å². The van der Waals surface area contributed by atoms with Gasteiger partial charge in [-0.05, 0) is 83.1 Å². The SMILES string of the molecule is CC/C=C\C/C=C\C/C=C\C/C=C\C/C=C\C/C=C\C(CC(=O)NC(CO)C(O)CCCCCCCCCCC)OC(=O)CCCCCCC/C=C/C=C/CCCCCCCCC. The van der Waals surface area contributed by atoms with Crippen molar-refractivity contribution in [1.82, 2.24) is 5.32 Å². The Kier molecular flexibility index (Phi) is 47.2. The molecule has 0 heterocycles. The molecule has 0 aromatic rings. The first-order chi connectivity index (χ1) is 31.0. The van der Waals surface area contributed by atoms with Gasteiger partial charge in [-0.15, -0.1) is 0 Å². The van der Waals surface area contributed by atoms with Crippen LogP contribution in [0, 0.1) is 0 Å². The highest BCUT2D eigenvalue weighted by Gasteiger charge is 2.23. The van der Waals surface area contributed by atoms with Gasteiger partial charge in [-0.3, -0.25) is 9.59 Å². The first-order valence-electron chi connectivity index (χ1n) is 26.0. The highest BCUT2D eigenvalue weighted by atomic mass is 16.5. The highest BCUT2D eigenvalue weighted by Crippen LogP contribution is 2.15. The molecule has 0 bridgehead atoms. The number of unbranched alkanes of at least 4 members (excludes halogenated alkanes) is 20. The van der Waals surface area contributed by atoms with Crippen LogP contribution >= 0.6 is 0 Å². The van der Waals surface area contributed by atoms with Gasteiger partial charge in [0.25, 0.3) is 0 Å². The van der Waals surface area contributed by atoms with E-state index in [0.29, 0.717) is 19.3 Å². The molecule has 0 aliphatic heterocycles. The van der Waals surface area contributed by atoms with E-state index in [1.54, 1.807) is 6.08 Å². The van der Waals surface area contributed by atoms with Gasteiger partial charge < -0.3 is 20.3 Å². The number of carbonyl (C=O) groups excluding carboxylic acids is 2. The van der Waals surface area contributed by atoms with Crippen molar-refractivity contribution in [3.63, 3.8) is 0 Å². The topological polar surface area (TPSA) is 95.9 Å². The molecule has 0 radical (unpaired) electrons. The van der Waals surface area contributed by atoms with Crippen LogP contribution < -0.4 is 5.32 Å². The second kappa shape index (κ2) is 49.8. The summed E-state index contributed by atoms with van der Waals surface area (Å²) >= 11 is 0. The van der Waals surface area contributed by atoms with E-state index >= 15 is 0 Å². The number of hydrogen-bond acceptors (Lipinski definition) is 5. The normalized spacial score (nSPS) is 14.0. The molecule has 360 valence electrons. The molecule has 0 aromatic heterocycles. The van der Waals surface area contributed by atoms with Crippen LogP contribution in [0.15, 0.2) is 97.2 Å². The van der Waals surface area contributed by atoms with Gasteiger partial charge in [0.2, 0.25) is 5.91 Å². The molecule has 0 aliphatic rings. The Morgan fingerprint density at radius 3 is 1.38 bits per heavy atom. The molecule has 0 aromatic carbocycles. The van der Waals surface area contributed by atoms with Crippen molar-refractivity contribution in [2.24, 2.45) is 0 Å². The zero-order chi connectivity index (χ0) is 45.9. The largest absolute Gasteiger partial charge is 0.458 e. The van der Waals surface area contributed by atoms with Gasteiger partial charge in [-0.2, -0.15) is 0 Å². The summed E-state index contributed by atoms with van der Waals surface area (Å²) in [5, 5.41) is 23.6. The Labute approximate surface area is 388 Å². The highest BCUT2D eigenvalue weighted by molar-refractivity contribution is 5.78. The fraction of sp³-hybridized carbons (Fsp3) is 0.684. The molecule has 0 spiro atoms. The van der Waals surface area contributed by atoms with Crippen molar-refractivity contribution in [1.29, 1.82) is 0 Å². The van der Waals surface area contributed by atoms with E-state index in [1.807, 2.05) is 6.08 Å². The molecule has 6 heteroatoms. The molecular weight excluding hydrogens is 779 g/mol. The molecule has 3 unspecified atom stereocenters. The molecular formula is C57H97NO5. The minimum absolute atomic E-state index is 0.0585. The van der Waals surface area contributed by atoms with E-state index in [0.717, 1.165) is 89.9 Å². The molecule has 0 aliphatic carbocycles. The summed E-state index contributed by atoms with van der Waals surface area (Å²) in [4.78, 5) is 26.1. The quantitative estimate of drug-likeness (QED) is 0.0245. The third-order valence-electron chi connectivity index (χ3n) is 11.2. The number of carbonyl (C=O) groups is 2. The van der Waals surface area contributed by atoms with Crippen LogP contribution in [0.3, 0.4) is 0 Å². The zero-order valence-electron chi connectivity index (χ0n) is 40.9. The molecule has 6 nitrogen and oxygen atoms in total. The first-order valence-corrected chi connectivity index (χ1v) is 26.0. The molecule has 0 saturated heterocycles. The van der Waals surface area contributed by atoms with Gasteiger partial charge in [-0.25, -0.2) is 0 Å². The second-order valence-corrected chi connectivity index (χ2v) is 17.2. The molecule has 0 saturated carbocycles. The lowest BCUT2D eigenvalue weighted by molar-refractivity contribution is -0.148. The Morgan fingerprint density at radius 1 is 0.508 bits per heavy atom. The van der Waals surface area contributed by atoms with Gasteiger partial charge in [0.15, 0.2) is 0 Å². The average Bonchev–Trinajstić information content (AvgIpc) is 3.28. The van der Waals surface area contributed by atoms with Crippen molar-refractivity contribution < 1.29 is 24.5 Å². The monoisotopic (exact) mass is 876 g/mol. The van der Waals surface area contributed by atoms with Crippen LogP contribution in [-0.2, 0) is 14.3 Å². The Morgan fingerprint density at radius 2 is 0.921 bits per heavy atom. The van der Waals surface area contributed by atoms with E-state index in [-0.39, 0.29) is 24.9 Å². The zero-order valence-corrected chi connectivity index (χ0v) is 40.9. The van der Waals surface area contributed by atoms with E-state index in [9.17, 15) is 19.8 Å². The minimum atomic E-state index is -0.826. The molecule has 3 atom stereocenters. The number of amides is 1. The predicted molar refractivity (Wildman–Crippen MR) is 273 cm³/mol. The smallest absolute Gasteiger partial charge is 0.306 e. The van der Waals surface area contributed by atoms with Gasteiger partial charge >= 0.3 is 5.97 Å². The van der Waals surface area contributed by atoms with Gasteiger partial charge in [0.05, 0.1) is 25.2 Å². The maximum absolute atomic E-state index is 13.1. The molecule has 63 heavy (non-hydrogen) atoms. The summed E-state index contributed by atoms with van der Waals surface area (Å²) in [6, 6.07) is -0.750. The minimum Gasteiger partial charge on any atom is -0.458 e. The summed E-state index contributed by atoms with van der Waals surface area (Å²) < 4.78 is 5.82. The fourth-order valence-corrected chi connectivity index (χ4v) is 7.24. The fourth-order valence-electron chi connectivity index (χ4n) is 7.24. The van der Waals surface area contributed by atoms with E-state index < -0.39 is 18.2 Å². The summed E-state index contributed by atoms with van der Waals surface area (Å²) in [7, 11) is 0. The van der Waals surface area contributed by atoms with Crippen molar-refractivity contribution >= 4 is 11.9 Å². The van der Waals surface area contributed by atoms with Crippen molar-refractivity contribution in [2.75, 3.05) is 6.61 Å². The predicted octanol–water partition coefficient (Wildman–Crippen LogP) is 15.7. The number of allylic oxidation sites excluding steroid dienone is 15. The third-order valence-corrected chi connectivity index (χ3v) is 11.2. The maximum atomic E-state index is 13.1. The lowest BCUT2D eigenvalue weighted by atomic mass is 10.0. The lowest BCUT2D eigenvalue weighted by Gasteiger charge is -2.23. The average molecular weight is 876 g/mol. The van der Waals surface area contributed by atoms with Crippen LogP contribution in [-0.4, -0.2) is 46.9 Å². The number of nitrogens with one attached hydrogen (secondary N) is 1. The van der Waals surface area contributed by atoms with Crippen LogP contribution in [0.4, 0.5) is 0 Å². The maximum Gasteiger partial charge on any atom is 0.306 e. The summed E-state index contributed by atoms with van der Waals surface area (Å²) in [5.74, 6) is -0.655. The number of hydrogen-bond donors (Lipinski definition) is 3. The van der Waals surface area contributed by atoms with E-state index in [1.165, 1.54) is 89.9 Å². The van der Waals surface area contributed by atoms with Gasteiger partial charge in [0, 0.05) is 6.42 Å². The number of ether oxygens (including phenoxy) is 1. The number of aliphatic hydroxyl groups excluding tert-OH is 2. The summed E-state index contributed by atoms with van der Waals surface area (Å²) in [5.41, 5.74) is 0. The third kappa shape index (κ3) is 45.2. The molecule has 3 N–H and O–H groups in total. The summed E-state index contributed by atoms with van der Waals surface area (Å²) in [6.07, 6.45) is 66.4. The molecule has 1 amide bonds. The van der Waals surface area contributed by atoms with Gasteiger partial charge in [0.1, 0.15) is 6.10 Å². The number of aliphatic hydroxyl groups is 2. The van der Waals surface area contributed by atoms with Crippen LogP contribution in [0.25, 0.3) is 0 Å². The standard InChI is InChI=1S/C57H97NO5/c1-4-7-10-13-16-19-21-23-25-27-29-31-33-35-38-41-44-47-50-57(62)63-53(48-45-42-39-37-34-32-30-28-26-24-22-20-17-14-11-8-5-2)51-56(61)58-54(52-59)55(60)49-46-43-40-36-18-15-12-9-6-3/h8,11,17,20,24-27,29-32,37,39,45,48,53-55,59-60H,4-7,9-10,12-16,18-19,21-23,28,33-36,38,40-44,46-47,49-52H2,1-3H3,(H,58,61)/b11-8-,20-17-,26-24-,27-25+,31-29+,32-30-,39-37-,48-45-. The number of rotatable bonds is 45. The Hall–Kier alpha value is -3.22. The van der Waals surface area contributed by atoms with Crippen LogP contribution in [0.1, 0.15) is 226 Å². The second-order valence-electron chi connectivity index (χ2n) is 17.2. The van der Waals surface area contributed by atoms with E-state index in [2.05, 4.69) is 111 Å². The molecule has 0 fully saturated rings. The van der Waals surface area contributed by atoms with Crippen LogP contribution in [0.5, 0.6) is 0 Å². The number of esters is 1. The first kappa shape index (κ1) is 59.8. The van der Waals surface area contributed by atoms with Crippen LogP contribution in [0.2, 0.25) is 0 Å². The van der Waals surface area contributed by atoms with Crippen molar-refractivity contribution in [3.8, 4) is 0 Å².